The number of carbonyl (C=O) groups is 1. The summed E-state index contributed by atoms with van der Waals surface area (Å²) in [6, 6.07) is 9.68. The normalized spacial score (nSPS) is 15.4. The van der Waals surface area contributed by atoms with Crippen LogP contribution in [0, 0.1) is 5.82 Å². The van der Waals surface area contributed by atoms with E-state index in [-0.39, 0.29) is 11.8 Å². The molecule has 20 heavy (non-hydrogen) atoms. The van der Waals surface area contributed by atoms with Gasteiger partial charge in [-0.2, -0.15) is 0 Å². The highest BCUT2D eigenvalue weighted by molar-refractivity contribution is 5.89. The van der Waals surface area contributed by atoms with Gasteiger partial charge in [0.15, 0.2) is 0 Å². The molecule has 3 rings (SSSR count). The van der Waals surface area contributed by atoms with E-state index in [9.17, 15) is 9.18 Å². The maximum atomic E-state index is 13.8. The molecule has 0 atom stereocenters. The van der Waals surface area contributed by atoms with E-state index in [1.54, 1.807) is 42.7 Å². The summed E-state index contributed by atoms with van der Waals surface area (Å²) in [4.78, 5) is 15.9. The third kappa shape index (κ3) is 2.47. The van der Waals surface area contributed by atoms with E-state index in [0.717, 1.165) is 12.8 Å². The number of urea groups is 1. The lowest BCUT2D eigenvalue weighted by atomic mass is 10.0. The molecule has 5 heteroatoms. The van der Waals surface area contributed by atoms with E-state index in [1.807, 2.05) is 0 Å². The standard InChI is InChI=1S/C15H14FN3O/c16-13-6-2-1-5-12(13)15(7-8-15)19-14(20)18-11-4-3-9-17-10-11/h1-6,9-10H,7-8H2,(H2,18,19,20). The van der Waals surface area contributed by atoms with Crippen LogP contribution in [-0.4, -0.2) is 11.0 Å². The molecule has 2 N–H and O–H groups in total. The van der Waals surface area contributed by atoms with Crippen molar-refractivity contribution >= 4 is 11.7 Å². The first-order valence-corrected chi connectivity index (χ1v) is 6.44. The molecule has 102 valence electrons. The average molecular weight is 271 g/mol. The van der Waals surface area contributed by atoms with Gasteiger partial charge in [-0.05, 0) is 31.0 Å². The Kier molecular flexibility index (Phi) is 3.10. The van der Waals surface area contributed by atoms with Crippen LogP contribution in [0.4, 0.5) is 14.9 Å². The fraction of sp³-hybridized carbons (Fsp3) is 0.200. The number of halogens is 1. The number of carbonyl (C=O) groups excluding carboxylic acids is 1. The lowest BCUT2D eigenvalue weighted by molar-refractivity contribution is 0.247. The van der Waals surface area contributed by atoms with Gasteiger partial charge in [0, 0.05) is 11.8 Å². The molecule has 0 radical (unpaired) electrons. The highest BCUT2D eigenvalue weighted by Gasteiger charge is 2.47. The van der Waals surface area contributed by atoms with Crippen molar-refractivity contribution < 1.29 is 9.18 Å². The Hall–Kier alpha value is -2.43. The number of aromatic nitrogens is 1. The fourth-order valence-corrected chi connectivity index (χ4v) is 2.25. The second-order valence-corrected chi connectivity index (χ2v) is 4.88. The second kappa shape index (κ2) is 4.92. The van der Waals surface area contributed by atoms with Crippen LogP contribution in [-0.2, 0) is 5.54 Å². The van der Waals surface area contributed by atoms with E-state index in [1.165, 1.54) is 6.07 Å². The molecule has 1 aliphatic rings. The van der Waals surface area contributed by atoms with Crippen LogP contribution in [0.1, 0.15) is 18.4 Å². The summed E-state index contributed by atoms with van der Waals surface area (Å²) in [5.41, 5.74) is 0.577. The first-order valence-electron chi connectivity index (χ1n) is 6.44. The molecule has 0 spiro atoms. The van der Waals surface area contributed by atoms with Gasteiger partial charge in [0.05, 0.1) is 17.4 Å². The fourth-order valence-electron chi connectivity index (χ4n) is 2.25. The SMILES string of the molecule is O=C(Nc1cccnc1)NC1(c2ccccc2F)CC1. The zero-order valence-corrected chi connectivity index (χ0v) is 10.8. The van der Waals surface area contributed by atoms with Crippen LogP contribution >= 0.6 is 0 Å². The molecular weight excluding hydrogens is 257 g/mol. The summed E-state index contributed by atoms with van der Waals surface area (Å²) in [5, 5.41) is 5.55. The van der Waals surface area contributed by atoms with Gasteiger partial charge in [0.1, 0.15) is 5.82 Å². The number of rotatable bonds is 3. The average Bonchev–Trinajstić information content (AvgIpc) is 3.20. The Bertz CT molecular complexity index is 626. The number of hydrogen-bond donors (Lipinski definition) is 2. The summed E-state index contributed by atoms with van der Waals surface area (Å²) >= 11 is 0. The monoisotopic (exact) mass is 271 g/mol. The van der Waals surface area contributed by atoms with E-state index >= 15 is 0 Å². The van der Waals surface area contributed by atoms with Crippen LogP contribution in [0.2, 0.25) is 0 Å². The molecule has 1 aliphatic carbocycles. The molecule has 1 saturated carbocycles. The topological polar surface area (TPSA) is 54.0 Å². The van der Waals surface area contributed by atoms with E-state index in [2.05, 4.69) is 15.6 Å². The third-order valence-electron chi connectivity index (χ3n) is 3.41. The molecule has 0 unspecified atom stereocenters. The van der Waals surface area contributed by atoms with Crippen molar-refractivity contribution in [1.82, 2.24) is 10.3 Å². The van der Waals surface area contributed by atoms with Gasteiger partial charge in [-0.3, -0.25) is 4.98 Å². The number of nitrogens with zero attached hydrogens (tertiary/aromatic N) is 1. The largest absolute Gasteiger partial charge is 0.328 e. The summed E-state index contributed by atoms with van der Waals surface area (Å²) in [5.74, 6) is -0.285. The lowest BCUT2D eigenvalue weighted by Gasteiger charge is -2.19. The zero-order valence-electron chi connectivity index (χ0n) is 10.8. The minimum atomic E-state index is -0.572. The molecule has 1 heterocycles. The maximum absolute atomic E-state index is 13.8. The van der Waals surface area contributed by atoms with Crippen LogP contribution in [0.25, 0.3) is 0 Å². The van der Waals surface area contributed by atoms with Crippen LogP contribution in [0.15, 0.2) is 48.8 Å². The molecule has 1 aromatic carbocycles. The minimum Gasteiger partial charge on any atom is -0.328 e. The molecule has 4 nitrogen and oxygen atoms in total. The predicted octanol–water partition coefficient (Wildman–Crippen LogP) is 3.03. The number of benzene rings is 1. The number of anilines is 1. The Balaban J connectivity index is 1.72. The zero-order chi connectivity index (χ0) is 14.0. The van der Waals surface area contributed by atoms with Crippen molar-refractivity contribution in [1.29, 1.82) is 0 Å². The van der Waals surface area contributed by atoms with E-state index in [0.29, 0.717) is 11.3 Å². The van der Waals surface area contributed by atoms with Crippen molar-refractivity contribution in [2.75, 3.05) is 5.32 Å². The summed E-state index contributed by atoms with van der Waals surface area (Å²) in [6.07, 6.45) is 4.68. The van der Waals surface area contributed by atoms with Gasteiger partial charge in [-0.15, -0.1) is 0 Å². The van der Waals surface area contributed by atoms with Gasteiger partial charge < -0.3 is 10.6 Å². The van der Waals surface area contributed by atoms with Gasteiger partial charge in [0.25, 0.3) is 0 Å². The molecule has 2 aromatic rings. The van der Waals surface area contributed by atoms with Crippen LogP contribution < -0.4 is 10.6 Å². The lowest BCUT2D eigenvalue weighted by Crippen LogP contribution is -2.38. The molecule has 0 bridgehead atoms. The number of hydrogen-bond acceptors (Lipinski definition) is 2. The predicted molar refractivity (Wildman–Crippen MR) is 73.7 cm³/mol. The molecule has 0 aliphatic heterocycles. The molecule has 0 saturated heterocycles. The third-order valence-corrected chi connectivity index (χ3v) is 3.41. The molecular formula is C15H14FN3O. The number of pyridine rings is 1. The Morgan fingerprint density at radius 1 is 1.20 bits per heavy atom. The second-order valence-electron chi connectivity index (χ2n) is 4.88. The minimum absolute atomic E-state index is 0.285. The van der Waals surface area contributed by atoms with Gasteiger partial charge in [0.2, 0.25) is 0 Å². The van der Waals surface area contributed by atoms with Gasteiger partial charge in [-0.1, -0.05) is 18.2 Å². The highest BCUT2D eigenvalue weighted by Crippen LogP contribution is 2.46. The molecule has 1 aromatic heterocycles. The molecule has 1 fully saturated rings. The van der Waals surface area contributed by atoms with Gasteiger partial charge >= 0.3 is 6.03 Å². The Morgan fingerprint density at radius 3 is 2.65 bits per heavy atom. The Morgan fingerprint density at radius 2 is 2.00 bits per heavy atom. The molecule has 2 amide bonds. The van der Waals surface area contributed by atoms with Crippen molar-refractivity contribution in [3.05, 3.63) is 60.2 Å². The first kappa shape index (κ1) is 12.6. The van der Waals surface area contributed by atoms with E-state index in [4.69, 9.17) is 0 Å². The van der Waals surface area contributed by atoms with Crippen molar-refractivity contribution in [3.63, 3.8) is 0 Å². The van der Waals surface area contributed by atoms with Crippen LogP contribution in [0.3, 0.4) is 0 Å². The van der Waals surface area contributed by atoms with Gasteiger partial charge in [-0.25, -0.2) is 9.18 Å². The number of nitrogens with one attached hydrogen (secondary N) is 2. The highest BCUT2D eigenvalue weighted by atomic mass is 19.1. The van der Waals surface area contributed by atoms with Crippen molar-refractivity contribution in [3.8, 4) is 0 Å². The maximum Gasteiger partial charge on any atom is 0.319 e. The quantitative estimate of drug-likeness (QED) is 0.901. The van der Waals surface area contributed by atoms with Crippen LogP contribution in [0.5, 0.6) is 0 Å². The summed E-state index contributed by atoms with van der Waals surface area (Å²) in [6.45, 7) is 0. The van der Waals surface area contributed by atoms with E-state index < -0.39 is 5.54 Å². The summed E-state index contributed by atoms with van der Waals surface area (Å²) in [7, 11) is 0. The first-order chi connectivity index (χ1) is 9.70. The number of amides is 2. The van der Waals surface area contributed by atoms with Crippen molar-refractivity contribution in [2.45, 2.75) is 18.4 Å². The smallest absolute Gasteiger partial charge is 0.319 e. The van der Waals surface area contributed by atoms with Crippen molar-refractivity contribution in [2.24, 2.45) is 0 Å². The summed E-state index contributed by atoms with van der Waals surface area (Å²) < 4.78 is 13.8. The Labute approximate surface area is 116 Å².